The van der Waals surface area contributed by atoms with Gasteiger partial charge in [-0.1, -0.05) is 24.6 Å². The zero-order chi connectivity index (χ0) is 19.3. The van der Waals surface area contributed by atoms with E-state index >= 15 is 0 Å². The molecule has 7 heteroatoms. The van der Waals surface area contributed by atoms with E-state index in [9.17, 15) is 18.3 Å². The van der Waals surface area contributed by atoms with Crippen molar-refractivity contribution in [2.75, 3.05) is 19.6 Å². The Bertz CT molecular complexity index is 906. The first-order valence-corrected chi connectivity index (χ1v) is 10.6. The van der Waals surface area contributed by atoms with E-state index in [-0.39, 0.29) is 16.6 Å². The molecular formula is C20H24N2O4S. The molecule has 0 saturated carbocycles. The summed E-state index contributed by atoms with van der Waals surface area (Å²) in [6, 6.07) is 13.0. The maximum absolute atomic E-state index is 12.8. The number of carbonyl (C=O) groups excluding carboxylic acids is 1. The van der Waals surface area contributed by atoms with Gasteiger partial charge < -0.3 is 10.4 Å². The van der Waals surface area contributed by atoms with Crippen molar-refractivity contribution >= 4 is 15.9 Å². The van der Waals surface area contributed by atoms with Gasteiger partial charge in [0.15, 0.2) is 0 Å². The Morgan fingerprint density at radius 1 is 1.04 bits per heavy atom. The molecule has 1 aliphatic rings. The van der Waals surface area contributed by atoms with E-state index in [0.717, 1.165) is 24.8 Å². The lowest BCUT2D eigenvalue weighted by Crippen LogP contribution is -2.35. The van der Waals surface area contributed by atoms with Crippen LogP contribution in [0.3, 0.4) is 0 Å². The highest BCUT2D eigenvalue weighted by atomic mass is 32.2. The van der Waals surface area contributed by atoms with Crippen LogP contribution in [-0.2, 0) is 16.4 Å². The molecule has 1 aliphatic heterocycles. The number of hydrogen-bond acceptors (Lipinski definition) is 4. The fourth-order valence-corrected chi connectivity index (χ4v) is 4.75. The Hall–Kier alpha value is -2.38. The van der Waals surface area contributed by atoms with Crippen LogP contribution in [0.4, 0.5) is 0 Å². The van der Waals surface area contributed by atoms with Crippen molar-refractivity contribution in [3.05, 3.63) is 59.7 Å². The van der Waals surface area contributed by atoms with Crippen molar-refractivity contribution in [1.82, 2.24) is 9.62 Å². The molecule has 3 rings (SSSR count). The lowest BCUT2D eigenvalue weighted by atomic mass is 10.1. The number of piperidine rings is 1. The average molecular weight is 388 g/mol. The van der Waals surface area contributed by atoms with Gasteiger partial charge in [0.25, 0.3) is 5.91 Å². The quantitative estimate of drug-likeness (QED) is 0.796. The van der Waals surface area contributed by atoms with Crippen LogP contribution in [0.25, 0.3) is 0 Å². The Kier molecular flexibility index (Phi) is 6.13. The summed E-state index contributed by atoms with van der Waals surface area (Å²) >= 11 is 0. The fraction of sp³-hybridized carbons (Fsp3) is 0.350. The first kappa shape index (κ1) is 19.4. The molecular weight excluding hydrogens is 364 g/mol. The van der Waals surface area contributed by atoms with Crippen molar-refractivity contribution in [2.24, 2.45) is 0 Å². The minimum atomic E-state index is -3.56. The third kappa shape index (κ3) is 4.87. The van der Waals surface area contributed by atoms with Crippen LogP contribution in [0.1, 0.15) is 35.2 Å². The van der Waals surface area contributed by atoms with E-state index < -0.39 is 10.0 Å². The van der Waals surface area contributed by atoms with E-state index in [4.69, 9.17) is 0 Å². The second-order valence-corrected chi connectivity index (χ2v) is 8.61. The molecule has 1 fully saturated rings. The zero-order valence-electron chi connectivity index (χ0n) is 15.1. The molecule has 0 atom stereocenters. The molecule has 0 aliphatic carbocycles. The standard InChI is InChI=1S/C20H24N2O4S/c23-18-8-4-6-16(14-18)10-11-21-20(24)17-7-5-9-19(15-17)27(25,26)22-12-2-1-3-13-22/h4-9,14-15,23H,1-3,10-13H2,(H,21,24). The van der Waals surface area contributed by atoms with Crippen molar-refractivity contribution in [2.45, 2.75) is 30.6 Å². The molecule has 0 bridgehead atoms. The van der Waals surface area contributed by atoms with Gasteiger partial charge in [0.2, 0.25) is 10.0 Å². The van der Waals surface area contributed by atoms with Crippen LogP contribution in [0.15, 0.2) is 53.4 Å². The summed E-state index contributed by atoms with van der Waals surface area (Å²) in [5, 5.41) is 12.3. The molecule has 144 valence electrons. The van der Waals surface area contributed by atoms with Crippen LogP contribution in [0, 0.1) is 0 Å². The van der Waals surface area contributed by atoms with Crippen molar-refractivity contribution in [3.8, 4) is 5.75 Å². The molecule has 2 aromatic carbocycles. The van der Waals surface area contributed by atoms with E-state index in [2.05, 4.69) is 5.32 Å². The summed E-state index contributed by atoms with van der Waals surface area (Å²) in [6.45, 7) is 1.46. The first-order valence-electron chi connectivity index (χ1n) is 9.13. The largest absolute Gasteiger partial charge is 0.508 e. The third-order valence-electron chi connectivity index (χ3n) is 4.66. The Morgan fingerprint density at radius 2 is 1.78 bits per heavy atom. The number of sulfonamides is 1. The summed E-state index contributed by atoms with van der Waals surface area (Å²) in [5.41, 5.74) is 1.24. The van der Waals surface area contributed by atoms with Crippen LogP contribution >= 0.6 is 0 Å². The Balaban J connectivity index is 1.64. The average Bonchev–Trinajstić information content (AvgIpc) is 2.69. The summed E-state index contributed by atoms with van der Waals surface area (Å²) in [4.78, 5) is 12.5. The number of aromatic hydroxyl groups is 1. The predicted octanol–water partition coefficient (Wildman–Crippen LogP) is 2.54. The topological polar surface area (TPSA) is 86.7 Å². The molecule has 27 heavy (non-hydrogen) atoms. The molecule has 0 radical (unpaired) electrons. The molecule has 2 aromatic rings. The highest BCUT2D eigenvalue weighted by Crippen LogP contribution is 2.21. The number of nitrogens with one attached hydrogen (secondary N) is 1. The number of carbonyl (C=O) groups is 1. The zero-order valence-corrected chi connectivity index (χ0v) is 15.9. The lowest BCUT2D eigenvalue weighted by Gasteiger charge is -2.26. The predicted molar refractivity (Wildman–Crippen MR) is 103 cm³/mol. The second kappa shape index (κ2) is 8.54. The van der Waals surface area contributed by atoms with Crippen molar-refractivity contribution in [3.63, 3.8) is 0 Å². The van der Waals surface area contributed by atoms with Crippen LogP contribution in [0.5, 0.6) is 5.75 Å². The summed E-state index contributed by atoms with van der Waals surface area (Å²) < 4.78 is 27.0. The molecule has 1 saturated heterocycles. The minimum Gasteiger partial charge on any atom is -0.508 e. The highest BCUT2D eigenvalue weighted by molar-refractivity contribution is 7.89. The van der Waals surface area contributed by atoms with Crippen LogP contribution in [0.2, 0.25) is 0 Å². The van der Waals surface area contributed by atoms with E-state index in [1.165, 1.54) is 16.4 Å². The highest BCUT2D eigenvalue weighted by Gasteiger charge is 2.26. The van der Waals surface area contributed by atoms with Gasteiger partial charge in [-0.25, -0.2) is 8.42 Å². The molecule has 2 N–H and O–H groups in total. The SMILES string of the molecule is O=C(NCCc1cccc(O)c1)c1cccc(S(=O)(=O)N2CCCCC2)c1. The third-order valence-corrected chi connectivity index (χ3v) is 6.55. The molecule has 0 aromatic heterocycles. The Labute approximate surface area is 159 Å². The van der Waals surface area contributed by atoms with E-state index in [1.54, 1.807) is 30.3 Å². The summed E-state index contributed by atoms with van der Waals surface area (Å²) in [5.74, 6) is -0.125. The van der Waals surface area contributed by atoms with Gasteiger partial charge in [0, 0.05) is 25.2 Å². The number of nitrogens with zero attached hydrogens (tertiary/aromatic N) is 1. The van der Waals surface area contributed by atoms with Gasteiger partial charge >= 0.3 is 0 Å². The number of phenolic OH excluding ortho intramolecular Hbond substituents is 1. The van der Waals surface area contributed by atoms with Gasteiger partial charge in [-0.3, -0.25) is 4.79 Å². The van der Waals surface area contributed by atoms with Crippen molar-refractivity contribution in [1.29, 1.82) is 0 Å². The number of rotatable bonds is 6. The van der Waals surface area contributed by atoms with Gasteiger partial charge in [-0.05, 0) is 55.2 Å². The number of phenols is 1. The van der Waals surface area contributed by atoms with Gasteiger partial charge in [-0.2, -0.15) is 4.31 Å². The molecule has 1 amide bonds. The van der Waals surface area contributed by atoms with Crippen LogP contribution < -0.4 is 5.32 Å². The normalized spacial score (nSPS) is 15.4. The smallest absolute Gasteiger partial charge is 0.251 e. The summed E-state index contributed by atoms with van der Waals surface area (Å²) in [6.07, 6.45) is 3.36. The summed E-state index contributed by atoms with van der Waals surface area (Å²) in [7, 11) is -3.56. The van der Waals surface area contributed by atoms with E-state index in [0.29, 0.717) is 31.6 Å². The first-order chi connectivity index (χ1) is 13.0. The molecule has 6 nitrogen and oxygen atoms in total. The molecule has 0 spiro atoms. The van der Waals surface area contributed by atoms with Crippen LogP contribution in [-0.4, -0.2) is 43.4 Å². The van der Waals surface area contributed by atoms with Gasteiger partial charge in [0.1, 0.15) is 5.75 Å². The fourth-order valence-electron chi connectivity index (χ4n) is 3.19. The molecule has 0 unspecified atom stereocenters. The van der Waals surface area contributed by atoms with E-state index in [1.807, 2.05) is 6.07 Å². The molecule has 1 heterocycles. The second-order valence-electron chi connectivity index (χ2n) is 6.67. The van der Waals surface area contributed by atoms with Gasteiger partial charge in [0.05, 0.1) is 4.90 Å². The monoisotopic (exact) mass is 388 g/mol. The van der Waals surface area contributed by atoms with Crippen molar-refractivity contribution < 1.29 is 18.3 Å². The number of amides is 1. The Morgan fingerprint density at radius 3 is 2.52 bits per heavy atom. The number of benzene rings is 2. The number of hydrogen-bond donors (Lipinski definition) is 2. The minimum absolute atomic E-state index is 0.157. The maximum Gasteiger partial charge on any atom is 0.251 e. The van der Waals surface area contributed by atoms with Gasteiger partial charge in [-0.15, -0.1) is 0 Å². The lowest BCUT2D eigenvalue weighted by molar-refractivity contribution is 0.0954. The maximum atomic E-state index is 12.8.